The lowest BCUT2D eigenvalue weighted by molar-refractivity contribution is 1.20. The van der Waals surface area contributed by atoms with E-state index in [-0.39, 0.29) is 0 Å². The molecule has 2 heteroatoms. The van der Waals surface area contributed by atoms with Gasteiger partial charge in [0, 0.05) is 33.2 Å². The number of hydrogen-bond acceptors (Lipinski definition) is 1. The summed E-state index contributed by atoms with van der Waals surface area (Å²) in [5.74, 6) is 0. The molecule has 0 spiro atoms. The summed E-state index contributed by atoms with van der Waals surface area (Å²) >= 11 is 0. The average Bonchev–Trinajstić information content (AvgIpc) is 3.49. The smallest absolute Gasteiger partial charge is 0.0541 e. The van der Waals surface area contributed by atoms with E-state index in [0.29, 0.717) is 0 Å². The highest BCUT2D eigenvalue weighted by atomic mass is 15.1. The fourth-order valence-corrected chi connectivity index (χ4v) is 7.20. The molecule has 8 aromatic carbocycles. The Hall–Kier alpha value is -6.38. The van der Waals surface area contributed by atoms with Crippen molar-refractivity contribution in [2.75, 3.05) is 4.90 Å². The third-order valence-corrected chi connectivity index (χ3v) is 9.36. The molecule has 9 rings (SSSR count). The van der Waals surface area contributed by atoms with Crippen LogP contribution in [0.5, 0.6) is 0 Å². The van der Waals surface area contributed by atoms with Crippen molar-refractivity contribution in [2.24, 2.45) is 0 Å². The second-order valence-corrected chi connectivity index (χ2v) is 12.2. The van der Waals surface area contributed by atoms with E-state index in [2.05, 4.69) is 204 Å². The van der Waals surface area contributed by atoms with Gasteiger partial charge in [0.25, 0.3) is 0 Å². The van der Waals surface area contributed by atoms with Crippen LogP contribution in [0.1, 0.15) is 0 Å². The maximum atomic E-state index is 2.42. The zero-order chi connectivity index (χ0) is 31.9. The van der Waals surface area contributed by atoms with Gasteiger partial charge in [0.2, 0.25) is 0 Å². The fourth-order valence-electron chi connectivity index (χ4n) is 7.20. The summed E-state index contributed by atoms with van der Waals surface area (Å²) in [5.41, 5.74) is 11.8. The molecule has 1 aromatic heterocycles. The molecule has 0 fully saturated rings. The standard InChI is InChI=1S/C46H32N2/c1-3-18-36(19-4-1)47(37-20-5-2-6-21-37)38-22-13-17-34(31-38)39-23-9-10-24-40(39)35-29-30-46-43(32-35)42-26-11-12-27-45(42)48(46)44-28-14-16-33-15-7-8-25-41(33)44/h1-32H. The van der Waals surface area contributed by atoms with Crippen LogP contribution in [0.3, 0.4) is 0 Å². The first kappa shape index (κ1) is 27.9. The summed E-state index contributed by atoms with van der Waals surface area (Å²) in [7, 11) is 0. The highest BCUT2D eigenvalue weighted by Crippen LogP contribution is 2.41. The van der Waals surface area contributed by atoms with Crippen LogP contribution >= 0.6 is 0 Å². The van der Waals surface area contributed by atoms with Crippen LogP contribution in [0, 0.1) is 0 Å². The molecule has 0 N–H and O–H groups in total. The lowest BCUT2D eigenvalue weighted by Gasteiger charge is -2.26. The number of aromatic nitrogens is 1. The summed E-state index contributed by atoms with van der Waals surface area (Å²) in [4.78, 5) is 2.32. The summed E-state index contributed by atoms with van der Waals surface area (Å²) < 4.78 is 2.42. The zero-order valence-corrected chi connectivity index (χ0v) is 26.4. The van der Waals surface area contributed by atoms with Gasteiger partial charge in [-0.05, 0) is 88.3 Å². The number of benzene rings is 8. The van der Waals surface area contributed by atoms with E-state index in [1.54, 1.807) is 0 Å². The Balaban J connectivity index is 1.20. The highest BCUT2D eigenvalue weighted by Gasteiger charge is 2.17. The summed E-state index contributed by atoms with van der Waals surface area (Å²) in [5, 5.41) is 4.99. The van der Waals surface area contributed by atoms with Crippen LogP contribution in [0.4, 0.5) is 17.1 Å². The van der Waals surface area contributed by atoms with Crippen LogP contribution in [0.15, 0.2) is 194 Å². The van der Waals surface area contributed by atoms with E-state index in [9.17, 15) is 0 Å². The van der Waals surface area contributed by atoms with E-state index in [1.807, 2.05) is 0 Å². The maximum absolute atomic E-state index is 2.42. The second kappa shape index (κ2) is 11.8. The number of nitrogens with zero attached hydrogens (tertiary/aromatic N) is 2. The van der Waals surface area contributed by atoms with Gasteiger partial charge >= 0.3 is 0 Å². The fraction of sp³-hybridized carbons (Fsp3) is 0. The first-order valence-corrected chi connectivity index (χ1v) is 16.4. The molecule has 2 nitrogen and oxygen atoms in total. The molecule has 0 aliphatic heterocycles. The van der Waals surface area contributed by atoms with Gasteiger partial charge in [-0.2, -0.15) is 0 Å². The maximum Gasteiger partial charge on any atom is 0.0541 e. The summed E-state index contributed by atoms with van der Waals surface area (Å²) in [6, 6.07) is 69.8. The SMILES string of the molecule is c1ccc(N(c2ccccc2)c2cccc(-c3ccccc3-c3ccc4c(c3)c3ccccc3n4-c3cccc4ccccc34)c2)cc1. The van der Waals surface area contributed by atoms with E-state index in [0.717, 1.165) is 17.1 Å². The first-order valence-electron chi connectivity index (χ1n) is 16.4. The van der Waals surface area contributed by atoms with E-state index in [1.165, 1.54) is 60.5 Å². The molecule has 9 aromatic rings. The quantitative estimate of drug-likeness (QED) is 0.181. The zero-order valence-electron chi connectivity index (χ0n) is 26.4. The number of fused-ring (bicyclic) bond motifs is 4. The van der Waals surface area contributed by atoms with Gasteiger partial charge in [0.05, 0.1) is 16.7 Å². The van der Waals surface area contributed by atoms with Crippen molar-refractivity contribution in [3.8, 4) is 27.9 Å². The van der Waals surface area contributed by atoms with E-state index >= 15 is 0 Å². The number of rotatable bonds is 6. The molecule has 1 heterocycles. The predicted octanol–water partition coefficient (Wildman–Crippen LogP) is 12.7. The van der Waals surface area contributed by atoms with Crippen molar-refractivity contribution < 1.29 is 0 Å². The van der Waals surface area contributed by atoms with Crippen molar-refractivity contribution in [2.45, 2.75) is 0 Å². The number of para-hydroxylation sites is 3. The van der Waals surface area contributed by atoms with Crippen molar-refractivity contribution in [3.05, 3.63) is 194 Å². The Labute approximate surface area is 280 Å². The molecule has 0 bridgehead atoms. The Morgan fingerprint density at radius 3 is 1.62 bits per heavy atom. The summed E-state index contributed by atoms with van der Waals surface area (Å²) in [6.07, 6.45) is 0. The van der Waals surface area contributed by atoms with Crippen molar-refractivity contribution in [1.82, 2.24) is 4.57 Å². The van der Waals surface area contributed by atoms with Crippen LogP contribution in [0.2, 0.25) is 0 Å². The molecular weight excluding hydrogens is 581 g/mol. The molecule has 48 heavy (non-hydrogen) atoms. The van der Waals surface area contributed by atoms with Gasteiger partial charge < -0.3 is 9.47 Å². The van der Waals surface area contributed by atoms with Crippen LogP contribution < -0.4 is 4.90 Å². The van der Waals surface area contributed by atoms with Gasteiger partial charge in [0.1, 0.15) is 0 Å². The minimum Gasteiger partial charge on any atom is -0.310 e. The van der Waals surface area contributed by atoms with Gasteiger partial charge in [-0.3, -0.25) is 0 Å². The molecule has 0 atom stereocenters. The Bertz CT molecular complexity index is 2520. The molecular formula is C46H32N2. The Kier molecular flexibility index (Phi) is 6.84. The third-order valence-electron chi connectivity index (χ3n) is 9.36. The van der Waals surface area contributed by atoms with Gasteiger partial charge in [0.15, 0.2) is 0 Å². The molecule has 0 amide bonds. The van der Waals surface area contributed by atoms with Crippen molar-refractivity contribution >= 4 is 49.6 Å². The molecule has 0 unspecified atom stereocenters. The molecule has 0 saturated carbocycles. The van der Waals surface area contributed by atoms with Crippen molar-refractivity contribution in [3.63, 3.8) is 0 Å². The monoisotopic (exact) mass is 612 g/mol. The lowest BCUT2D eigenvalue weighted by atomic mass is 9.93. The topological polar surface area (TPSA) is 8.17 Å². The minimum atomic E-state index is 1.12. The minimum absolute atomic E-state index is 1.12. The van der Waals surface area contributed by atoms with Crippen LogP contribution in [-0.4, -0.2) is 4.57 Å². The molecule has 0 aliphatic rings. The Morgan fingerprint density at radius 2 is 0.875 bits per heavy atom. The Morgan fingerprint density at radius 1 is 0.333 bits per heavy atom. The van der Waals surface area contributed by atoms with Gasteiger partial charge in [-0.15, -0.1) is 0 Å². The van der Waals surface area contributed by atoms with Crippen LogP contribution in [0.25, 0.3) is 60.5 Å². The van der Waals surface area contributed by atoms with E-state index < -0.39 is 0 Å². The number of anilines is 3. The van der Waals surface area contributed by atoms with E-state index in [4.69, 9.17) is 0 Å². The third kappa shape index (κ3) is 4.74. The second-order valence-electron chi connectivity index (χ2n) is 12.2. The predicted molar refractivity (Wildman–Crippen MR) is 204 cm³/mol. The number of hydrogen-bond donors (Lipinski definition) is 0. The molecule has 226 valence electrons. The van der Waals surface area contributed by atoms with Crippen LogP contribution in [-0.2, 0) is 0 Å². The largest absolute Gasteiger partial charge is 0.310 e. The summed E-state index contributed by atoms with van der Waals surface area (Å²) in [6.45, 7) is 0. The normalized spacial score (nSPS) is 11.3. The highest BCUT2D eigenvalue weighted by molar-refractivity contribution is 6.12. The van der Waals surface area contributed by atoms with Gasteiger partial charge in [-0.1, -0.05) is 133 Å². The van der Waals surface area contributed by atoms with Gasteiger partial charge in [-0.25, -0.2) is 0 Å². The molecule has 0 aliphatic carbocycles. The molecule has 0 saturated heterocycles. The average molecular weight is 613 g/mol. The molecule has 0 radical (unpaired) electrons. The lowest BCUT2D eigenvalue weighted by Crippen LogP contribution is -2.09. The van der Waals surface area contributed by atoms with Crippen molar-refractivity contribution in [1.29, 1.82) is 0 Å². The first-order chi connectivity index (χ1) is 23.8.